The highest BCUT2D eigenvalue weighted by Gasteiger charge is 2.14. The van der Waals surface area contributed by atoms with E-state index in [9.17, 15) is 5.11 Å². The van der Waals surface area contributed by atoms with Crippen molar-refractivity contribution >= 4 is 22.9 Å². The Hall–Kier alpha value is -0.840. The molecule has 3 nitrogen and oxygen atoms in total. The number of nitrogens with zero attached hydrogens (tertiary/aromatic N) is 2. The van der Waals surface area contributed by atoms with Gasteiger partial charge < -0.3 is 9.67 Å². The van der Waals surface area contributed by atoms with Crippen LogP contribution in [0, 0.1) is 0 Å². The number of rotatable bonds is 5. The maximum atomic E-state index is 10.1. The van der Waals surface area contributed by atoms with Gasteiger partial charge >= 0.3 is 0 Å². The highest BCUT2D eigenvalue weighted by molar-refractivity contribution is 7.10. The third-order valence-corrected chi connectivity index (χ3v) is 3.94. The third-order valence-electron chi connectivity index (χ3n) is 2.56. The number of hydrogen-bond acceptors (Lipinski definition) is 3. The molecule has 0 spiro atoms. The molecule has 0 saturated carbocycles. The largest absolute Gasteiger partial charge is 0.387 e. The fraction of sp³-hybridized carbons (Fsp3) is 0.417. The molecule has 92 valence electrons. The van der Waals surface area contributed by atoms with E-state index in [1.54, 1.807) is 6.20 Å². The van der Waals surface area contributed by atoms with Crippen LogP contribution in [0.5, 0.6) is 0 Å². The lowest BCUT2D eigenvalue weighted by atomic mass is 10.2. The first kappa shape index (κ1) is 12.6. The van der Waals surface area contributed by atoms with Crippen molar-refractivity contribution in [2.24, 2.45) is 0 Å². The molecule has 0 radical (unpaired) electrons. The summed E-state index contributed by atoms with van der Waals surface area (Å²) in [5.41, 5.74) is 0. The standard InChI is InChI=1S/C12H15ClN2OS/c1-2-4-15-5-3-14-12(15)7-10(16)11-6-9(13)8-17-11/h3,5-6,8,10,16H,2,4,7H2,1H3. The minimum atomic E-state index is -0.523. The Bertz CT molecular complexity index is 480. The molecular formula is C12H15ClN2OS. The van der Waals surface area contributed by atoms with E-state index in [4.69, 9.17) is 11.6 Å². The van der Waals surface area contributed by atoms with Crippen LogP contribution in [0.1, 0.15) is 30.2 Å². The van der Waals surface area contributed by atoms with Crippen molar-refractivity contribution < 1.29 is 5.11 Å². The number of aliphatic hydroxyl groups excluding tert-OH is 1. The van der Waals surface area contributed by atoms with Crippen molar-refractivity contribution in [2.75, 3.05) is 0 Å². The van der Waals surface area contributed by atoms with Crippen molar-refractivity contribution in [3.8, 4) is 0 Å². The lowest BCUT2D eigenvalue weighted by Gasteiger charge is -2.10. The highest BCUT2D eigenvalue weighted by atomic mass is 35.5. The van der Waals surface area contributed by atoms with Crippen molar-refractivity contribution in [3.05, 3.63) is 39.6 Å². The van der Waals surface area contributed by atoms with E-state index in [0.29, 0.717) is 11.4 Å². The zero-order valence-corrected chi connectivity index (χ0v) is 11.2. The number of imidazole rings is 1. The first-order valence-corrected chi connectivity index (χ1v) is 6.88. The molecule has 2 aromatic heterocycles. The van der Waals surface area contributed by atoms with Gasteiger partial charge in [-0.25, -0.2) is 4.98 Å². The summed E-state index contributed by atoms with van der Waals surface area (Å²) in [7, 11) is 0. The van der Waals surface area contributed by atoms with Gasteiger partial charge in [0, 0.05) is 35.6 Å². The highest BCUT2D eigenvalue weighted by Crippen LogP contribution is 2.27. The summed E-state index contributed by atoms with van der Waals surface area (Å²) < 4.78 is 2.08. The van der Waals surface area contributed by atoms with E-state index < -0.39 is 6.10 Å². The molecule has 2 aromatic rings. The minimum absolute atomic E-state index is 0.523. The Morgan fingerprint density at radius 3 is 3.06 bits per heavy atom. The van der Waals surface area contributed by atoms with E-state index in [-0.39, 0.29) is 0 Å². The number of thiophene rings is 1. The van der Waals surface area contributed by atoms with E-state index >= 15 is 0 Å². The fourth-order valence-electron chi connectivity index (χ4n) is 1.75. The van der Waals surface area contributed by atoms with Crippen LogP contribution in [-0.4, -0.2) is 14.7 Å². The molecule has 0 fully saturated rings. The molecule has 17 heavy (non-hydrogen) atoms. The maximum Gasteiger partial charge on any atom is 0.111 e. The van der Waals surface area contributed by atoms with Crippen molar-refractivity contribution in [3.63, 3.8) is 0 Å². The molecule has 2 rings (SSSR count). The molecule has 0 aliphatic heterocycles. The Morgan fingerprint density at radius 2 is 2.41 bits per heavy atom. The molecule has 5 heteroatoms. The van der Waals surface area contributed by atoms with E-state index in [1.807, 2.05) is 17.6 Å². The Labute approximate surface area is 110 Å². The van der Waals surface area contributed by atoms with Gasteiger partial charge in [0.1, 0.15) is 5.82 Å². The topological polar surface area (TPSA) is 38.0 Å². The molecule has 0 saturated heterocycles. The number of halogens is 1. The smallest absolute Gasteiger partial charge is 0.111 e. The van der Waals surface area contributed by atoms with Gasteiger partial charge in [0.05, 0.1) is 11.1 Å². The summed E-state index contributed by atoms with van der Waals surface area (Å²) in [5.74, 6) is 0.920. The molecule has 0 amide bonds. The Kier molecular flexibility index (Phi) is 4.20. The fourth-order valence-corrected chi connectivity index (χ4v) is 2.82. The summed E-state index contributed by atoms with van der Waals surface area (Å²) in [6.45, 7) is 3.06. The van der Waals surface area contributed by atoms with Crippen LogP contribution in [0.3, 0.4) is 0 Å². The van der Waals surface area contributed by atoms with Crippen LogP contribution in [0.2, 0.25) is 5.02 Å². The normalized spacial score (nSPS) is 12.9. The van der Waals surface area contributed by atoms with Crippen molar-refractivity contribution in [1.29, 1.82) is 0 Å². The minimum Gasteiger partial charge on any atom is -0.387 e. The zero-order valence-electron chi connectivity index (χ0n) is 9.64. The van der Waals surface area contributed by atoms with Crippen LogP contribution in [0.15, 0.2) is 23.8 Å². The third kappa shape index (κ3) is 3.09. The van der Waals surface area contributed by atoms with Gasteiger partial charge in [-0.3, -0.25) is 0 Å². The summed E-state index contributed by atoms with van der Waals surface area (Å²) in [5, 5.41) is 12.6. The SMILES string of the molecule is CCCn1ccnc1CC(O)c1cc(Cl)cs1. The molecule has 1 unspecified atom stereocenters. The zero-order chi connectivity index (χ0) is 12.3. The van der Waals surface area contributed by atoms with Gasteiger partial charge in [0.15, 0.2) is 0 Å². The van der Waals surface area contributed by atoms with Crippen LogP contribution in [0.4, 0.5) is 0 Å². The van der Waals surface area contributed by atoms with Crippen molar-refractivity contribution in [2.45, 2.75) is 32.4 Å². The quantitative estimate of drug-likeness (QED) is 0.905. The predicted molar refractivity (Wildman–Crippen MR) is 70.5 cm³/mol. The van der Waals surface area contributed by atoms with E-state index in [0.717, 1.165) is 23.7 Å². The van der Waals surface area contributed by atoms with Crippen molar-refractivity contribution in [1.82, 2.24) is 9.55 Å². The lowest BCUT2D eigenvalue weighted by molar-refractivity contribution is 0.178. The summed E-state index contributed by atoms with van der Waals surface area (Å²) >= 11 is 7.33. The van der Waals surface area contributed by atoms with Gasteiger partial charge in [-0.1, -0.05) is 18.5 Å². The molecular weight excluding hydrogens is 256 g/mol. The van der Waals surface area contributed by atoms with Gasteiger partial charge in [-0.05, 0) is 12.5 Å². The second kappa shape index (κ2) is 5.67. The first-order chi connectivity index (χ1) is 8.20. The molecule has 1 N–H and O–H groups in total. The molecule has 2 heterocycles. The second-order valence-corrected chi connectivity index (χ2v) is 5.30. The van der Waals surface area contributed by atoms with Crippen LogP contribution in [-0.2, 0) is 13.0 Å². The number of aliphatic hydroxyl groups is 1. The number of aromatic nitrogens is 2. The predicted octanol–water partition coefficient (Wildman–Crippen LogP) is 3.28. The van der Waals surface area contributed by atoms with Gasteiger partial charge in [0.25, 0.3) is 0 Å². The maximum absolute atomic E-state index is 10.1. The lowest BCUT2D eigenvalue weighted by Crippen LogP contribution is -2.08. The molecule has 0 aliphatic rings. The first-order valence-electron chi connectivity index (χ1n) is 5.62. The monoisotopic (exact) mass is 270 g/mol. The van der Waals surface area contributed by atoms with Gasteiger partial charge in [-0.2, -0.15) is 0 Å². The van der Waals surface area contributed by atoms with E-state index in [2.05, 4.69) is 16.5 Å². The van der Waals surface area contributed by atoms with Crippen LogP contribution in [0.25, 0.3) is 0 Å². The number of aryl methyl sites for hydroxylation is 1. The van der Waals surface area contributed by atoms with Crippen LogP contribution >= 0.6 is 22.9 Å². The molecule has 0 aromatic carbocycles. The van der Waals surface area contributed by atoms with Gasteiger partial charge in [-0.15, -0.1) is 11.3 Å². The van der Waals surface area contributed by atoms with E-state index in [1.165, 1.54) is 11.3 Å². The number of hydrogen-bond donors (Lipinski definition) is 1. The molecule has 0 bridgehead atoms. The average molecular weight is 271 g/mol. The Balaban J connectivity index is 2.07. The van der Waals surface area contributed by atoms with Gasteiger partial charge in [0.2, 0.25) is 0 Å². The molecule has 1 atom stereocenters. The molecule has 0 aliphatic carbocycles. The Morgan fingerprint density at radius 1 is 1.59 bits per heavy atom. The second-order valence-electron chi connectivity index (χ2n) is 3.92. The summed E-state index contributed by atoms with van der Waals surface area (Å²) in [6, 6.07) is 1.81. The summed E-state index contributed by atoms with van der Waals surface area (Å²) in [4.78, 5) is 5.17. The summed E-state index contributed by atoms with van der Waals surface area (Å²) in [6.07, 6.45) is 4.80. The van der Waals surface area contributed by atoms with Crippen LogP contribution < -0.4 is 0 Å². The average Bonchev–Trinajstić information content (AvgIpc) is 2.89.